The molecule has 0 fully saturated rings. The molecule has 0 aliphatic rings. The number of hydrogen-bond donors (Lipinski definition) is 2. The zero-order valence-corrected chi connectivity index (χ0v) is 13.8. The van der Waals surface area contributed by atoms with Gasteiger partial charge in [0.15, 0.2) is 17.6 Å². The quantitative estimate of drug-likeness (QED) is 0.225. The third kappa shape index (κ3) is 3.24. The average Bonchev–Trinajstić information content (AvgIpc) is 3.08. The first-order chi connectivity index (χ1) is 13.0. The van der Waals surface area contributed by atoms with Gasteiger partial charge in [0, 0.05) is 19.1 Å². The number of aromatic nitrogens is 3. The summed E-state index contributed by atoms with van der Waals surface area (Å²) in [4.78, 5) is 13.6. The van der Waals surface area contributed by atoms with Crippen molar-refractivity contribution in [3.8, 4) is 34.3 Å². The van der Waals surface area contributed by atoms with E-state index in [1.807, 2.05) is 0 Å². The van der Waals surface area contributed by atoms with Crippen LogP contribution in [0.1, 0.15) is 11.3 Å². The van der Waals surface area contributed by atoms with E-state index in [0.717, 1.165) is 12.1 Å². The summed E-state index contributed by atoms with van der Waals surface area (Å²) in [5.74, 6) is -2.94. The van der Waals surface area contributed by atoms with Crippen LogP contribution in [0, 0.1) is 22.2 Å². The van der Waals surface area contributed by atoms with Crippen LogP contribution in [0.5, 0.6) is 11.5 Å². The molecular formula is C15H9F3N4O6. The summed E-state index contributed by atoms with van der Waals surface area (Å²) in [7, 11) is 0. The molecule has 13 heteroatoms. The first-order valence-electron chi connectivity index (χ1n) is 7.35. The fourth-order valence-corrected chi connectivity index (χ4v) is 2.37. The molecule has 0 saturated carbocycles. The van der Waals surface area contributed by atoms with Crippen LogP contribution < -0.4 is 4.73 Å². The summed E-state index contributed by atoms with van der Waals surface area (Å²) in [5.41, 5.74) is -3.15. The Morgan fingerprint density at radius 3 is 2.54 bits per heavy atom. The minimum absolute atomic E-state index is 0.192. The molecule has 3 rings (SSSR count). The predicted molar refractivity (Wildman–Crippen MR) is 83.9 cm³/mol. The third-order valence-electron chi connectivity index (χ3n) is 3.72. The average molecular weight is 398 g/mol. The van der Waals surface area contributed by atoms with Gasteiger partial charge in [0.1, 0.15) is 5.56 Å². The Morgan fingerprint density at radius 1 is 1.25 bits per heavy atom. The van der Waals surface area contributed by atoms with E-state index in [9.17, 15) is 38.7 Å². The second kappa shape index (κ2) is 6.37. The monoisotopic (exact) mass is 398 g/mol. The Morgan fingerprint density at radius 2 is 1.93 bits per heavy atom. The molecule has 0 aliphatic heterocycles. The number of nitrogens with zero attached hydrogens (tertiary/aromatic N) is 4. The smallest absolute Gasteiger partial charge is 0.417 e. The van der Waals surface area contributed by atoms with Gasteiger partial charge in [-0.05, 0) is 6.07 Å². The fraction of sp³-hybridized carbons (Fsp3) is 0.133. The number of pyridine rings is 1. The lowest BCUT2D eigenvalue weighted by Gasteiger charge is -2.11. The molecule has 0 atom stereocenters. The van der Waals surface area contributed by atoms with Gasteiger partial charge < -0.3 is 19.9 Å². The minimum atomic E-state index is -4.81. The van der Waals surface area contributed by atoms with Gasteiger partial charge in [0.2, 0.25) is 11.6 Å². The highest BCUT2D eigenvalue weighted by atomic mass is 19.4. The van der Waals surface area contributed by atoms with Gasteiger partial charge in [0.05, 0.1) is 16.1 Å². The Kier molecular flexibility index (Phi) is 4.29. The van der Waals surface area contributed by atoms with Crippen molar-refractivity contribution in [2.75, 3.05) is 0 Å². The van der Waals surface area contributed by atoms with Crippen LogP contribution in [0.3, 0.4) is 0 Å². The molecule has 0 unspecified atom stereocenters. The highest BCUT2D eigenvalue weighted by Gasteiger charge is 2.37. The van der Waals surface area contributed by atoms with E-state index < -0.39 is 51.1 Å². The van der Waals surface area contributed by atoms with E-state index >= 15 is 0 Å². The summed E-state index contributed by atoms with van der Waals surface area (Å²) in [6.45, 7) is 1.19. The van der Waals surface area contributed by atoms with Gasteiger partial charge in [-0.25, -0.2) is 0 Å². The summed E-state index contributed by atoms with van der Waals surface area (Å²) in [6.07, 6.45) is -4.19. The zero-order chi connectivity index (χ0) is 20.8. The lowest BCUT2D eigenvalue weighted by atomic mass is 10.1. The van der Waals surface area contributed by atoms with E-state index in [-0.39, 0.29) is 16.0 Å². The number of aryl methyl sites for hydroxylation is 1. The molecular weight excluding hydrogens is 389 g/mol. The number of hydrogen-bond acceptors (Lipinski definition) is 8. The van der Waals surface area contributed by atoms with Crippen molar-refractivity contribution in [3.63, 3.8) is 0 Å². The topological polar surface area (TPSA) is 149 Å². The molecule has 3 aromatic rings. The summed E-state index contributed by atoms with van der Waals surface area (Å²) in [6, 6.07) is 2.27. The summed E-state index contributed by atoms with van der Waals surface area (Å²) in [5, 5.41) is 45.1. The van der Waals surface area contributed by atoms with Crippen LogP contribution in [-0.2, 0) is 6.18 Å². The van der Waals surface area contributed by atoms with Crippen molar-refractivity contribution in [1.82, 2.24) is 10.1 Å². The van der Waals surface area contributed by atoms with Crippen molar-refractivity contribution in [2.24, 2.45) is 0 Å². The molecule has 2 aromatic heterocycles. The first kappa shape index (κ1) is 18.9. The first-order valence-corrected chi connectivity index (χ1v) is 7.35. The van der Waals surface area contributed by atoms with Crippen LogP contribution in [-0.4, -0.2) is 25.3 Å². The highest BCUT2D eigenvalue weighted by Crippen LogP contribution is 2.40. The van der Waals surface area contributed by atoms with Crippen LogP contribution in [0.25, 0.3) is 22.8 Å². The number of benzene rings is 1. The standard InChI is InChI=1S/C15H9F3N4O6/c1-6-2-9(15(16,17)18)8(5-21(6)25)13-19-14(28-20-13)7-3-10(22(26)27)12(24)11(23)4-7/h2-5,23-24H,1H3. The zero-order valence-electron chi connectivity index (χ0n) is 13.8. The number of aromatic hydroxyl groups is 2. The molecule has 0 bridgehead atoms. The van der Waals surface area contributed by atoms with Gasteiger partial charge in [-0.15, -0.1) is 0 Å². The van der Waals surface area contributed by atoms with E-state index in [1.54, 1.807) is 0 Å². The Labute approximate surface area is 152 Å². The molecule has 0 spiro atoms. The SMILES string of the molecule is Cc1cc(C(F)(F)F)c(-c2noc(-c3cc(O)c(O)c([N+](=O)[O-])c3)n2)c[n+]1[O-]. The van der Waals surface area contributed by atoms with Gasteiger partial charge in [-0.3, -0.25) is 10.1 Å². The van der Waals surface area contributed by atoms with Gasteiger partial charge in [-0.2, -0.15) is 22.9 Å². The second-order valence-corrected chi connectivity index (χ2v) is 5.61. The molecule has 0 aliphatic carbocycles. The molecule has 0 amide bonds. The molecule has 0 radical (unpaired) electrons. The van der Waals surface area contributed by atoms with Crippen molar-refractivity contribution in [1.29, 1.82) is 0 Å². The molecule has 2 heterocycles. The van der Waals surface area contributed by atoms with Crippen LogP contribution in [0.15, 0.2) is 28.9 Å². The van der Waals surface area contributed by atoms with Gasteiger partial charge in [-0.1, -0.05) is 5.16 Å². The maximum Gasteiger partial charge on any atom is 0.417 e. The number of rotatable bonds is 3. The van der Waals surface area contributed by atoms with E-state index in [0.29, 0.717) is 12.3 Å². The van der Waals surface area contributed by atoms with Crippen LogP contribution >= 0.6 is 0 Å². The number of phenolic OH excluding ortho intramolecular Hbond substituents is 2. The Balaban J connectivity index is 2.15. The fourth-order valence-electron chi connectivity index (χ4n) is 2.37. The van der Waals surface area contributed by atoms with E-state index in [2.05, 4.69) is 10.1 Å². The lowest BCUT2D eigenvalue weighted by molar-refractivity contribution is -0.612. The maximum absolute atomic E-state index is 13.3. The highest BCUT2D eigenvalue weighted by molar-refractivity contribution is 5.69. The molecule has 10 nitrogen and oxygen atoms in total. The predicted octanol–water partition coefficient (Wildman–Crippen LogP) is 2.68. The third-order valence-corrected chi connectivity index (χ3v) is 3.72. The molecule has 146 valence electrons. The Hall–Kier alpha value is -3.90. The van der Waals surface area contributed by atoms with Crippen molar-refractivity contribution >= 4 is 5.69 Å². The lowest BCUT2D eigenvalue weighted by Crippen LogP contribution is -2.31. The van der Waals surface area contributed by atoms with Crippen molar-refractivity contribution in [3.05, 3.63) is 51.0 Å². The van der Waals surface area contributed by atoms with E-state index in [4.69, 9.17) is 4.52 Å². The number of alkyl halides is 3. The van der Waals surface area contributed by atoms with Crippen LogP contribution in [0.2, 0.25) is 0 Å². The molecule has 2 N–H and O–H groups in total. The van der Waals surface area contributed by atoms with Gasteiger partial charge >= 0.3 is 11.9 Å². The molecule has 28 heavy (non-hydrogen) atoms. The maximum atomic E-state index is 13.3. The van der Waals surface area contributed by atoms with Crippen molar-refractivity contribution in [2.45, 2.75) is 13.1 Å². The summed E-state index contributed by atoms with van der Waals surface area (Å²) >= 11 is 0. The normalized spacial score (nSPS) is 11.6. The number of nitro benzene ring substituents is 1. The van der Waals surface area contributed by atoms with E-state index in [1.165, 1.54) is 6.92 Å². The van der Waals surface area contributed by atoms with Crippen LogP contribution in [0.4, 0.5) is 18.9 Å². The largest absolute Gasteiger partial charge is 0.618 e. The number of phenols is 2. The van der Waals surface area contributed by atoms with Crippen molar-refractivity contribution < 1.29 is 37.6 Å². The molecule has 1 aromatic carbocycles. The number of nitro groups is 1. The second-order valence-electron chi connectivity index (χ2n) is 5.61. The van der Waals surface area contributed by atoms with Gasteiger partial charge in [0.25, 0.3) is 5.89 Å². The summed E-state index contributed by atoms with van der Waals surface area (Å²) < 4.78 is 44.9. The minimum Gasteiger partial charge on any atom is -0.618 e. The Bertz CT molecular complexity index is 1100. The number of halogens is 3. The molecule has 0 saturated heterocycles.